The molecule has 7 nitrogen and oxygen atoms in total. The van der Waals surface area contributed by atoms with E-state index in [-0.39, 0.29) is 6.04 Å². The van der Waals surface area contributed by atoms with Gasteiger partial charge in [0.2, 0.25) is 0 Å². The van der Waals surface area contributed by atoms with Crippen LogP contribution in [0.2, 0.25) is 0 Å². The number of H-pyrrole nitrogens is 2. The molecule has 0 amide bonds. The monoisotopic (exact) mass is 321 g/mol. The third kappa shape index (κ3) is 5.44. The van der Waals surface area contributed by atoms with E-state index in [0.717, 1.165) is 35.9 Å². The highest BCUT2D eigenvalue weighted by molar-refractivity contribution is 7.98. The van der Waals surface area contributed by atoms with Crippen molar-refractivity contribution >= 4 is 17.7 Å². The van der Waals surface area contributed by atoms with Crippen LogP contribution in [0.15, 0.2) is 18.9 Å². The summed E-state index contributed by atoms with van der Waals surface area (Å²) in [5.74, 6) is 2.22. The van der Waals surface area contributed by atoms with Crippen LogP contribution >= 0.6 is 11.8 Å². The van der Waals surface area contributed by atoms with Crippen LogP contribution in [0.4, 0.5) is 0 Å². The Balaban J connectivity index is 1.55. The Kier molecular flexibility index (Phi) is 6.32. The lowest BCUT2D eigenvalue weighted by Gasteiger charge is -2.15. The third-order valence-corrected chi connectivity index (χ3v) is 4.17. The number of rotatable bonds is 8. The summed E-state index contributed by atoms with van der Waals surface area (Å²) >= 11 is 1.82. The van der Waals surface area contributed by atoms with Gasteiger partial charge < -0.3 is 20.6 Å². The van der Waals surface area contributed by atoms with Gasteiger partial charge in [0.15, 0.2) is 5.96 Å². The highest BCUT2D eigenvalue weighted by atomic mass is 32.2. The molecule has 2 heterocycles. The molecule has 2 aromatic rings. The van der Waals surface area contributed by atoms with Crippen LogP contribution in [0.1, 0.15) is 24.0 Å². The smallest absolute Gasteiger partial charge is 0.188 e. The van der Waals surface area contributed by atoms with Crippen LogP contribution in [0.3, 0.4) is 0 Å². The Morgan fingerprint density at radius 2 is 2.27 bits per heavy atom. The average Bonchev–Trinajstić information content (AvgIpc) is 3.10. The Bertz CT molecular complexity index is 564. The lowest BCUT2D eigenvalue weighted by Crippen LogP contribution is -2.43. The summed E-state index contributed by atoms with van der Waals surface area (Å²) in [4.78, 5) is 14.4. The molecule has 0 spiro atoms. The standard InChI is InChI=1S/C14H23N7S/c1-10(5-12-6-16-8-19-12)21-14(15)17-3-4-22-7-13-11(2)18-9-20-13/h6,8-10H,3-5,7H2,1-2H3,(H,16,19)(H,18,20)(H3,15,17,21)/t10-/m1/s1. The van der Waals surface area contributed by atoms with Crippen molar-refractivity contribution in [2.24, 2.45) is 0 Å². The molecule has 0 aromatic carbocycles. The van der Waals surface area contributed by atoms with Gasteiger partial charge in [-0.3, -0.25) is 5.41 Å². The van der Waals surface area contributed by atoms with Crippen molar-refractivity contribution in [3.8, 4) is 0 Å². The van der Waals surface area contributed by atoms with Crippen LogP contribution in [0.5, 0.6) is 0 Å². The molecule has 0 aliphatic rings. The molecule has 2 aromatic heterocycles. The summed E-state index contributed by atoms with van der Waals surface area (Å²) in [6, 6.07) is 0.170. The minimum absolute atomic E-state index is 0.170. The number of hydrogen-bond acceptors (Lipinski definition) is 4. The maximum absolute atomic E-state index is 7.88. The first-order valence-corrected chi connectivity index (χ1v) is 8.44. The van der Waals surface area contributed by atoms with Gasteiger partial charge in [-0.05, 0) is 13.8 Å². The summed E-state index contributed by atoms with van der Waals surface area (Å²) in [5, 5.41) is 14.1. The van der Waals surface area contributed by atoms with Gasteiger partial charge in [-0.2, -0.15) is 11.8 Å². The SMILES string of the molecule is Cc1nc[nH]c1CSCCNC(=N)N[C@H](C)Cc1c[nH]cn1. The minimum atomic E-state index is 0.170. The van der Waals surface area contributed by atoms with Gasteiger partial charge in [-0.25, -0.2) is 9.97 Å². The van der Waals surface area contributed by atoms with E-state index in [1.165, 1.54) is 5.69 Å². The molecule has 8 heteroatoms. The molecule has 5 N–H and O–H groups in total. The van der Waals surface area contributed by atoms with E-state index in [4.69, 9.17) is 5.41 Å². The lowest BCUT2D eigenvalue weighted by molar-refractivity contribution is 0.634. The fraction of sp³-hybridized carbons (Fsp3) is 0.500. The fourth-order valence-corrected chi connectivity index (χ4v) is 2.91. The number of aromatic amines is 2. The fourth-order valence-electron chi connectivity index (χ4n) is 2.02. The minimum Gasteiger partial charge on any atom is -0.356 e. The highest BCUT2D eigenvalue weighted by Crippen LogP contribution is 2.11. The Morgan fingerprint density at radius 3 is 2.95 bits per heavy atom. The van der Waals surface area contributed by atoms with Crippen molar-refractivity contribution in [3.63, 3.8) is 0 Å². The Labute approximate surface area is 134 Å². The van der Waals surface area contributed by atoms with Crippen molar-refractivity contribution in [3.05, 3.63) is 35.9 Å². The van der Waals surface area contributed by atoms with E-state index in [9.17, 15) is 0 Å². The maximum Gasteiger partial charge on any atom is 0.188 e. The maximum atomic E-state index is 7.88. The topological polar surface area (TPSA) is 105 Å². The second kappa shape index (κ2) is 8.47. The van der Waals surface area contributed by atoms with Crippen molar-refractivity contribution in [2.45, 2.75) is 32.1 Å². The van der Waals surface area contributed by atoms with Crippen LogP contribution in [-0.4, -0.2) is 44.2 Å². The quantitative estimate of drug-likeness (QED) is 0.287. The van der Waals surface area contributed by atoms with Crippen molar-refractivity contribution in [1.82, 2.24) is 30.6 Å². The van der Waals surface area contributed by atoms with Crippen molar-refractivity contribution in [1.29, 1.82) is 5.41 Å². The van der Waals surface area contributed by atoms with Gasteiger partial charge in [0, 0.05) is 42.4 Å². The molecule has 0 aliphatic carbocycles. The highest BCUT2D eigenvalue weighted by Gasteiger charge is 2.06. The van der Waals surface area contributed by atoms with Gasteiger partial charge in [0.05, 0.1) is 24.0 Å². The number of hydrogen-bond donors (Lipinski definition) is 5. The van der Waals surface area contributed by atoms with E-state index in [2.05, 4.69) is 30.6 Å². The molecule has 0 saturated heterocycles. The lowest BCUT2D eigenvalue weighted by atomic mass is 10.2. The molecule has 2 rings (SSSR count). The number of aromatic nitrogens is 4. The van der Waals surface area contributed by atoms with Gasteiger partial charge in [0.25, 0.3) is 0 Å². The van der Waals surface area contributed by atoms with E-state index in [0.29, 0.717) is 5.96 Å². The average molecular weight is 321 g/mol. The molecule has 0 bridgehead atoms. The number of imidazole rings is 2. The van der Waals surface area contributed by atoms with Gasteiger partial charge in [-0.1, -0.05) is 0 Å². The van der Waals surface area contributed by atoms with E-state index in [1.807, 2.05) is 31.8 Å². The summed E-state index contributed by atoms with van der Waals surface area (Å²) < 4.78 is 0. The number of guanidine groups is 1. The molecule has 0 unspecified atom stereocenters. The Hall–Kier alpha value is -1.96. The molecule has 120 valence electrons. The largest absolute Gasteiger partial charge is 0.356 e. The molecular weight excluding hydrogens is 298 g/mol. The number of nitrogens with one attached hydrogen (secondary N) is 5. The predicted molar refractivity (Wildman–Crippen MR) is 90.1 cm³/mol. The summed E-state index contributed by atoms with van der Waals surface area (Å²) in [5.41, 5.74) is 3.23. The zero-order chi connectivity index (χ0) is 15.8. The Morgan fingerprint density at radius 1 is 1.41 bits per heavy atom. The van der Waals surface area contributed by atoms with E-state index < -0.39 is 0 Å². The molecular formula is C14H23N7S. The molecule has 0 fully saturated rings. The summed E-state index contributed by atoms with van der Waals surface area (Å²) in [7, 11) is 0. The van der Waals surface area contributed by atoms with Crippen molar-refractivity contribution < 1.29 is 0 Å². The zero-order valence-corrected chi connectivity index (χ0v) is 13.8. The second-order valence-electron chi connectivity index (χ2n) is 5.13. The predicted octanol–water partition coefficient (Wildman–Crippen LogP) is 1.42. The van der Waals surface area contributed by atoms with Gasteiger partial charge in [-0.15, -0.1) is 0 Å². The van der Waals surface area contributed by atoms with Crippen LogP contribution in [0, 0.1) is 12.3 Å². The summed E-state index contributed by atoms with van der Waals surface area (Å²) in [6.07, 6.45) is 6.07. The first-order chi connectivity index (χ1) is 10.6. The first-order valence-electron chi connectivity index (χ1n) is 7.28. The van der Waals surface area contributed by atoms with Gasteiger partial charge in [0.1, 0.15) is 0 Å². The molecule has 1 atom stereocenters. The van der Waals surface area contributed by atoms with E-state index >= 15 is 0 Å². The molecule has 22 heavy (non-hydrogen) atoms. The van der Waals surface area contributed by atoms with Gasteiger partial charge >= 0.3 is 0 Å². The summed E-state index contributed by atoms with van der Waals surface area (Å²) in [6.45, 7) is 4.81. The first kappa shape index (κ1) is 16.4. The van der Waals surface area contributed by atoms with Crippen LogP contribution in [-0.2, 0) is 12.2 Å². The second-order valence-corrected chi connectivity index (χ2v) is 6.24. The molecule has 0 aliphatic heterocycles. The number of aryl methyl sites for hydroxylation is 1. The molecule has 0 radical (unpaired) electrons. The zero-order valence-electron chi connectivity index (χ0n) is 12.9. The van der Waals surface area contributed by atoms with Crippen LogP contribution < -0.4 is 10.6 Å². The van der Waals surface area contributed by atoms with E-state index in [1.54, 1.807) is 12.7 Å². The van der Waals surface area contributed by atoms with Crippen molar-refractivity contribution in [2.75, 3.05) is 12.3 Å². The number of nitrogens with zero attached hydrogens (tertiary/aromatic N) is 2. The molecule has 0 saturated carbocycles. The third-order valence-electron chi connectivity index (χ3n) is 3.19. The normalized spacial score (nSPS) is 12.1. The van der Waals surface area contributed by atoms with Crippen LogP contribution in [0.25, 0.3) is 0 Å². The number of thioether (sulfide) groups is 1.